The minimum absolute atomic E-state index is 0.429. The van der Waals surface area contributed by atoms with E-state index in [0.29, 0.717) is 5.75 Å². The highest BCUT2D eigenvalue weighted by molar-refractivity contribution is 5.31. The Balaban J connectivity index is 1.88. The van der Waals surface area contributed by atoms with E-state index in [-0.39, 0.29) is 0 Å². The summed E-state index contributed by atoms with van der Waals surface area (Å²) in [5.74, 6) is 2.12. The third-order valence-electron chi connectivity index (χ3n) is 3.96. The zero-order valence-corrected chi connectivity index (χ0v) is 10.9. The van der Waals surface area contributed by atoms with E-state index in [0.717, 1.165) is 37.0 Å². The van der Waals surface area contributed by atoms with Crippen molar-refractivity contribution < 1.29 is 5.11 Å². The Morgan fingerprint density at radius 3 is 2.47 bits per heavy atom. The van der Waals surface area contributed by atoms with Crippen molar-refractivity contribution in [3.05, 3.63) is 29.8 Å². The van der Waals surface area contributed by atoms with Crippen LogP contribution in [0.3, 0.4) is 0 Å². The molecule has 1 aliphatic heterocycles. The number of phenols is 1. The van der Waals surface area contributed by atoms with Crippen LogP contribution in [0.1, 0.15) is 32.3 Å². The lowest BCUT2D eigenvalue weighted by atomic mass is 9.86. The van der Waals surface area contributed by atoms with Crippen LogP contribution in [0.2, 0.25) is 0 Å². The maximum atomic E-state index is 9.75. The molecule has 0 bridgehead atoms. The average molecular weight is 233 g/mol. The molecule has 2 rings (SSSR count). The third-order valence-corrected chi connectivity index (χ3v) is 3.96. The molecular formula is C15H23NO. The number of likely N-dealkylation sites (tertiary alicyclic amines) is 1. The van der Waals surface area contributed by atoms with Crippen molar-refractivity contribution in [3.8, 4) is 5.75 Å². The Kier molecular flexibility index (Phi) is 4.06. The molecule has 0 spiro atoms. The highest BCUT2D eigenvalue weighted by Gasteiger charge is 2.21. The molecular weight excluding hydrogens is 210 g/mol. The van der Waals surface area contributed by atoms with Gasteiger partial charge in [0.1, 0.15) is 5.75 Å². The summed E-state index contributed by atoms with van der Waals surface area (Å²) in [7, 11) is 0. The zero-order chi connectivity index (χ0) is 12.3. The van der Waals surface area contributed by atoms with Crippen LogP contribution in [0.4, 0.5) is 0 Å². The fourth-order valence-electron chi connectivity index (χ4n) is 2.66. The van der Waals surface area contributed by atoms with Crippen LogP contribution in [0.15, 0.2) is 24.3 Å². The molecule has 1 aliphatic rings. The molecule has 0 atom stereocenters. The van der Waals surface area contributed by atoms with Gasteiger partial charge in [-0.3, -0.25) is 4.90 Å². The Bertz CT molecular complexity index is 354. The number of hydrogen-bond donors (Lipinski definition) is 1. The van der Waals surface area contributed by atoms with Gasteiger partial charge in [-0.2, -0.15) is 0 Å². The number of piperidine rings is 1. The number of phenolic OH excluding ortho intramolecular Hbond substituents is 1. The van der Waals surface area contributed by atoms with Gasteiger partial charge in [0.15, 0.2) is 0 Å². The normalized spacial score (nSPS) is 18.8. The number of aromatic hydroxyl groups is 1. The van der Waals surface area contributed by atoms with Crippen molar-refractivity contribution in [1.82, 2.24) is 4.90 Å². The monoisotopic (exact) mass is 233 g/mol. The largest absolute Gasteiger partial charge is 0.508 e. The van der Waals surface area contributed by atoms with Crippen molar-refractivity contribution in [2.45, 2.75) is 33.2 Å². The van der Waals surface area contributed by atoms with Crippen LogP contribution in [0.5, 0.6) is 5.75 Å². The third kappa shape index (κ3) is 3.22. The van der Waals surface area contributed by atoms with E-state index in [9.17, 15) is 5.11 Å². The van der Waals surface area contributed by atoms with Gasteiger partial charge in [-0.05, 0) is 43.8 Å². The second-order valence-corrected chi connectivity index (χ2v) is 5.49. The average Bonchev–Trinajstić information content (AvgIpc) is 2.33. The minimum atomic E-state index is 0.429. The minimum Gasteiger partial charge on any atom is -0.508 e. The van der Waals surface area contributed by atoms with E-state index in [2.05, 4.69) is 18.7 Å². The first-order valence-electron chi connectivity index (χ1n) is 6.66. The van der Waals surface area contributed by atoms with E-state index in [1.807, 2.05) is 18.2 Å². The molecule has 0 aliphatic carbocycles. The second-order valence-electron chi connectivity index (χ2n) is 5.49. The molecule has 1 aromatic rings. The summed E-state index contributed by atoms with van der Waals surface area (Å²) in [4.78, 5) is 2.45. The lowest BCUT2D eigenvalue weighted by molar-refractivity contribution is 0.151. The summed E-state index contributed by atoms with van der Waals surface area (Å²) in [5.41, 5.74) is 1.05. The molecule has 0 aromatic heterocycles. The summed E-state index contributed by atoms with van der Waals surface area (Å²) in [6.07, 6.45) is 2.59. The fraction of sp³-hybridized carbons (Fsp3) is 0.600. The number of rotatable bonds is 3. The number of para-hydroxylation sites is 1. The summed E-state index contributed by atoms with van der Waals surface area (Å²) in [5, 5.41) is 9.75. The number of benzene rings is 1. The van der Waals surface area contributed by atoms with Gasteiger partial charge in [-0.1, -0.05) is 32.0 Å². The van der Waals surface area contributed by atoms with E-state index in [4.69, 9.17) is 0 Å². The quantitative estimate of drug-likeness (QED) is 0.866. The van der Waals surface area contributed by atoms with E-state index in [1.54, 1.807) is 6.07 Å². The van der Waals surface area contributed by atoms with Crippen LogP contribution >= 0.6 is 0 Å². The van der Waals surface area contributed by atoms with Gasteiger partial charge in [0, 0.05) is 12.1 Å². The lowest BCUT2D eigenvalue weighted by Crippen LogP contribution is -2.34. The van der Waals surface area contributed by atoms with Crippen molar-refractivity contribution in [2.24, 2.45) is 11.8 Å². The first-order chi connectivity index (χ1) is 8.16. The van der Waals surface area contributed by atoms with Gasteiger partial charge in [-0.15, -0.1) is 0 Å². The van der Waals surface area contributed by atoms with Gasteiger partial charge in [0.25, 0.3) is 0 Å². The van der Waals surface area contributed by atoms with Crippen LogP contribution in [-0.2, 0) is 6.54 Å². The maximum absolute atomic E-state index is 9.75. The molecule has 2 heteroatoms. The Morgan fingerprint density at radius 1 is 1.24 bits per heavy atom. The lowest BCUT2D eigenvalue weighted by Gasteiger charge is -2.33. The summed E-state index contributed by atoms with van der Waals surface area (Å²) < 4.78 is 0. The second kappa shape index (κ2) is 5.54. The molecule has 2 nitrogen and oxygen atoms in total. The smallest absolute Gasteiger partial charge is 0.120 e. The van der Waals surface area contributed by atoms with Gasteiger partial charge in [-0.25, -0.2) is 0 Å². The topological polar surface area (TPSA) is 23.5 Å². The molecule has 94 valence electrons. The molecule has 1 heterocycles. The van der Waals surface area contributed by atoms with Crippen molar-refractivity contribution in [2.75, 3.05) is 13.1 Å². The predicted molar refractivity (Wildman–Crippen MR) is 70.9 cm³/mol. The molecule has 0 saturated carbocycles. The Hall–Kier alpha value is -1.02. The van der Waals surface area contributed by atoms with Gasteiger partial charge in [0.05, 0.1) is 0 Å². The fourth-order valence-corrected chi connectivity index (χ4v) is 2.66. The molecule has 0 unspecified atom stereocenters. The summed E-state index contributed by atoms with van der Waals surface area (Å²) in [6.45, 7) is 7.86. The predicted octanol–water partition coefficient (Wildman–Crippen LogP) is 3.26. The van der Waals surface area contributed by atoms with Crippen molar-refractivity contribution >= 4 is 0 Å². The number of nitrogens with zero attached hydrogens (tertiary/aromatic N) is 1. The van der Waals surface area contributed by atoms with E-state index in [1.165, 1.54) is 12.8 Å². The molecule has 1 aromatic carbocycles. The van der Waals surface area contributed by atoms with Gasteiger partial charge < -0.3 is 5.11 Å². The number of hydrogen-bond acceptors (Lipinski definition) is 2. The van der Waals surface area contributed by atoms with Crippen LogP contribution in [0.25, 0.3) is 0 Å². The van der Waals surface area contributed by atoms with Crippen LogP contribution < -0.4 is 0 Å². The standard InChI is InChI=1S/C15H23NO/c1-12(2)13-7-9-16(10-8-13)11-14-5-3-4-6-15(14)17/h3-6,12-13,17H,7-11H2,1-2H3. The van der Waals surface area contributed by atoms with E-state index >= 15 is 0 Å². The summed E-state index contributed by atoms with van der Waals surface area (Å²) >= 11 is 0. The van der Waals surface area contributed by atoms with Gasteiger partial charge >= 0.3 is 0 Å². The van der Waals surface area contributed by atoms with Crippen molar-refractivity contribution in [1.29, 1.82) is 0 Å². The zero-order valence-electron chi connectivity index (χ0n) is 10.9. The van der Waals surface area contributed by atoms with E-state index < -0.39 is 0 Å². The molecule has 1 N–H and O–H groups in total. The Morgan fingerprint density at radius 2 is 1.88 bits per heavy atom. The molecule has 1 fully saturated rings. The van der Waals surface area contributed by atoms with Crippen LogP contribution in [-0.4, -0.2) is 23.1 Å². The van der Waals surface area contributed by atoms with Crippen molar-refractivity contribution in [3.63, 3.8) is 0 Å². The maximum Gasteiger partial charge on any atom is 0.120 e. The van der Waals surface area contributed by atoms with Crippen LogP contribution in [0, 0.1) is 11.8 Å². The first kappa shape index (κ1) is 12.4. The summed E-state index contributed by atoms with van der Waals surface area (Å²) in [6, 6.07) is 7.67. The SMILES string of the molecule is CC(C)C1CCN(Cc2ccccc2O)CC1. The molecule has 0 radical (unpaired) electrons. The van der Waals surface area contributed by atoms with Gasteiger partial charge in [0.2, 0.25) is 0 Å². The molecule has 0 amide bonds. The molecule has 1 saturated heterocycles. The molecule has 17 heavy (non-hydrogen) atoms. The Labute approximate surface area is 104 Å². The first-order valence-corrected chi connectivity index (χ1v) is 6.66. The highest BCUT2D eigenvalue weighted by atomic mass is 16.3. The highest BCUT2D eigenvalue weighted by Crippen LogP contribution is 2.26.